The normalized spacial score (nSPS) is 16.7. The summed E-state index contributed by atoms with van der Waals surface area (Å²) in [7, 11) is -1.61. The minimum atomic E-state index is -3.57. The number of sulfonamides is 1. The fraction of sp³-hybridized carbons (Fsp3) is 0.556. The van der Waals surface area contributed by atoms with Crippen molar-refractivity contribution in [1.29, 1.82) is 0 Å². The maximum atomic E-state index is 12.7. The Morgan fingerprint density at radius 1 is 1.00 bits per heavy atom. The molecule has 1 aromatic rings. The maximum Gasteiger partial charge on any atom is 0.269 e. The standard InChI is InChI=1S/C18H28N4O4S/c1-18(2,3)13-16(23)19-20-17(24)14-5-7-15(8-6-14)27(25,26)22-11-9-21(4)10-12-22/h5-8H,9-13H2,1-4H3,(H,19,23)(H,20,24). The summed E-state index contributed by atoms with van der Waals surface area (Å²) in [5.41, 5.74) is 4.79. The van der Waals surface area contributed by atoms with Gasteiger partial charge in [0.05, 0.1) is 4.90 Å². The average molecular weight is 397 g/mol. The molecule has 0 saturated carbocycles. The highest BCUT2D eigenvalue weighted by molar-refractivity contribution is 7.89. The summed E-state index contributed by atoms with van der Waals surface area (Å²) in [4.78, 5) is 26.1. The van der Waals surface area contributed by atoms with Gasteiger partial charge in [0, 0.05) is 38.2 Å². The smallest absolute Gasteiger partial charge is 0.269 e. The fourth-order valence-electron chi connectivity index (χ4n) is 2.68. The molecular weight excluding hydrogens is 368 g/mol. The van der Waals surface area contributed by atoms with Gasteiger partial charge in [0.2, 0.25) is 15.9 Å². The first-order valence-corrected chi connectivity index (χ1v) is 10.3. The van der Waals surface area contributed by atoms with Gasteiger partial charge in [-0.15, -0.1) is 0 Å². The molecule has 0 aromatic heterocycles. The van der Waals surface area contributed by atoms with Gasteiger partial charge < -0.3 is 4.90 Å². The molecule has 2 N–H and O–H groups in total. The quantitative estimate of drug-likeness (QED) is 0.734. The van der Waals surface area contributed by atoms with E-state index in [2.05, 4.69) is 15.8 Å². The Morgan fingerprint density at radius 2 is 1.56 bits per heavy atom. The molecule has 1 aliphatic heterocycles. The largest absolute Gasteiger partial charge is 0.304 e. The number of carbonyl (C=O) groups excluding carboxylic acids is 2. The molecule has 1 aromatic carbocycles. The van der Waals surface area contributed by atoms with Crippen molar-refractivity contribution in [3.05, 3.63) is 29.8 Å². The van der Waals surface area contributed by atoms with E-state index in [0.717, 1.165) is 0 Å². The highest BCUT2D eigenvalue weighted by atomic mass is 32.2. The van der Waals surface area contributed by atoms with Crippen molar-refractivity contribution in [3.63, 3.8) is 0 Å². The first-order chi connectivity index (χ1) is 12.5. The van der Waals surface area contributed by atoms with E-state index in [4.69, 9.17) is 0 Å². The number of carbonyl (C=O) groups is 2. The monoisotopic (exact) mass is 396 g/mol. The summed E-state index contributed by atoms with van der Waals surface area (Å²) in [5.74, 6) is -0.786. The zero-order valence-electron chi connectivity index (χ0n) is 16.3. The molecule has 2 amide bonds. The number of likely N-dealkylation sites (N-methyl/N-ethyl adjacent to an activating group) is 1. The Morgan fingerprint density at radius 3 is 2.07 bits per heavy atom. The van der Waals surface area contributed by atoms with Gasteiger partial charge in [-0.3, -0.25) is 20.4 Å². The van der Waals surface area contributed by atoms with Crippen LogP contribution in [0.2, 0.25) is 0 Å². The Labute approximate surface area is 160 Å². The van der Waals surface area contributed by atoms with Crippen LogP contribution in [0.1, 0.15) is 37.6 Å². The van der Waals surface area contributed by atoms with Gasteiger partial charge in [-0.1, -0.05) is 20.8 Å². The van der Waals surface area contributed by atoms with Gasteiger partial charge in [0.25, 0.3) is 5.91 Å². The molecule has 1 fully saturated rings. The van der Waals surface area contributed by atoms with Gasteiger partial charge in [-0.05, 0) is 36.7 Å². The summed E-state index contributed by atoms with van der Waals surface area (Å²) in [6.07, 6.45) is 0.273. The van der Waals surface area contributed by atoms with E-state index >= 15 is 0 Å². The van der Waals surface area contributed by atoms with Crippen molar-refractivity contribution in [1.82, 2.24) is 20.1 Å². The molecule has 0 atom stereocenters. The van der Waals surface area contributed by atoms with Crippen molar-refractivity contribution in [3.8, 4) is 0 Å². The molecule has 1 saturated heterocycles. The number of rotatable bonds is 4. The predicted molar refractivity (Wildman–Crippen MR) is 102 cm³/mol. The van der Waals surface area contributed by atoms with E-state index in [1.54, 1.807) is 0 Å². The molecule has 0 bridgehead atoms. The van der Waals surface area contributed by atoms with Crippen molar-refractivity contribution >= 4 is 21.8 Å². The molecule has 27 heavy (non-hydrogen) atoms. The third kappa shape index (κ3) is 6.02. The zero-order chi connectivity index (χ0) is 20.2. The first-order valence-electron chi connectivity index (χ1n) is 8.87. The lowest BCUT2D eigenvalue weighted by molar-refractivity contribution is -0.123. The lowest BCUT2D eigenvalue weighted by Gasteiger charge is -2.31. The average Bonchev–Trinajstić information content (AvgIpc) is 2.58. The summed E-state index contributed by atoms with van der Waals surface area (Å²) in [6.45, 7) is 8.04. The molecule has 8 nitrogen and oxygen atoms in total. The second-order valence-electron chi connectivity index (χ2n) is 7.97. The summed E-state index contributed by atoms with van der Waals surface area (Å²) < 4.78 is 26.8. The summed E-state index contributed by atoms with van der Waals surface area (Å²) >= 11 is 0. The fourth-order valence-corrected chi connectivity index (χ4v) is 4.10. The molecule has 9 heteroatoms. The van der Waals surface area contributed by atoms with Crippen molar-refractivity contribution in [2.24, 2.45) is 5.41 Å². The zero-order valence-corrected chi connectivity index (χ0v) is 17.1. The van der Waals surface area contributed by atoms with Crippen LogP contribution in [0.15, 0.2) is 29.2 Å². The molecular formula is C18H28N4O4S. The van der Waals surface area contributed by atoms with Crippen LogP contribution in [-0.4, -0.2) is 62.7 Å². The second kappa shape index (κ2) is 8.37. The second-order valence-corrected chi connectivity index (χ2v) is 9.91. The minimum Gasteiger partial charge on any atom is -0.304 e. The molecule has 0 unspecified atom stereocenters. The number of hydrogen-bond acceptors (Lipinski definition) is 5. The van der Waals surface area contributed by atoms with E-state index < -0.39 is 15.9 Å². The van der Waals surface area contributed by atoms with Crippen molar-refractivity contribution < 1.29 is 18.0 Å². The van der Waals surface area contributed by atoms with Gasteiger partial charge in [-0.2, -0.15) is 4.31 Å². The lowest BCUT2D eigenvalue weighted by Crippen LogP contribution is -2.47. The van der Waals surface area contributed by atoms with Gasteiger partial charge in [0.1, 0.15) is 0 Å². The van der Waals surface area contributed by atoms with Crippen LogP contribution in [-0.2, 0) is 14.8 Å². The number of amides is 2. The van der Waals surface area contributed by atoms with Crippen LogP contribution in [0, 0.1) is 5.41 Å². The van der Waals surface area contributed by atoms with E-state index in [1.165, 1.54) is 28.6 Å². The van der Waals surface area contributed by atoms with Crippen LogP contribution >= 0.6 is 0 Å². The predicted octanol–water partition coefficient (Wildman–Crippen LogP) is 0.820. The van der Waals surface area contributed by atoms with Crippen LogP contribution < -0.4 is 10.9 Å². The number of benzene rings is 1. The Balaban J connectivity index is 1.98. The topological polar surface area (TPSA) is 98.8 Å². The van der Waals surface area contributed by atoms with Crippen LogP contribution in [0.3, 0.4) is 0 Å². The maximum absolute atomic E-state index is 12.7. The van der Waals surface area contributed by atoms with E-state index in [-0.39, 0.29) is 28.2 Å². The Hall–Kier alpha value is -1.97. The van der Waals surface area contributed by atoms with Crippen molar-refractivity contribution in [2.75, 3.05) is 33.2 Å². The van der Waals surface area contributed by atoms with Gasteiger partial charge >= 0.3 is 0 Å². The number of hydrazine groups is 1. The first kappa shape index (κ1) is 21.3. The molecule has 2 rings (SSSR count). The molecule has 1 heterocycles. The SMILES string of the molecule is CN1CCN(S(=O)(=O)c2ccc(C(=O)NNC(=O)CC(C)(C)C)cc2)CC1. The van der Waals surface area contributed by atoms with Crippen LogP contribution in [0.4, 0.5) is 0 Å². The number of nitrogens with one attached hydrogen (secondary N) is 2. The highest BCUT2D eigenvalue weighted by Crippen LogP contribution is 2.19. The van der Waals surface area contributed by atoms with E-state index in [9.17, 15) is 18.0 Å². The third-order valence-corrected chi connectivity index (χ3v) is 6.14. The Kier molecular flexibility index (Phi) is 6.61. The molecule has 150 valence electrons. The molecule has 0 aliphatic carbocycles. The highest BCUT2D eigenvalue weighted by Gasteiger charge is 2.27. The van der Waals surface area contributed by atoms with E-state index in [0.29, 0.717) is 26.2 Å². The Bertz CT molecular complexity index is 777. The molecule has 0 radical (unpaired) electrons. The van der Waals surface area contributed by atoms with Gasteiger partial charge in [-0.25, -0.2) is 8.42 Å². The number of piperazine rings is 1. The van der Waals surface area contributed by atoms with Crippen LogP contribution in [0.25, 0.3) is 0 Å². The van der Waals surface area contributed by atoms with Gasteiger partial charge in [0.15, 0.2) is 0 Å². The summed E-state index contributed by atoms with van der Waals surface area (Å²) in [5, 5.41) is 0. The molecule has 0 spiro atoms. The number of nitrogens with zero attached hydrogens (tertiary/aromatic N) is 2. The third-order valence-electron chi connectivity index (χ3n) is 4.22. The van der Waals surface area contributed by atoms with Crippen molar-refractivity contribution in [2.45, 2.75) is 32.1 Å². The van der Waals surface area contributed by atoms with E-state index in [1.807, 2.05) is 27.8 Å². The minimum absolute atomic E-state index is 0.153. The number of hydrogen-bond donors (Lipinski definition) is 2. The lowest BCUT2D eigenvalue weighted by atomic mass is 9.92. The van der Waals surface area contributed by atoms with Crippen LogP contribution in [0.5, 0.6) is 0 Å². The summed E-state index contributed by atoms with van der Waals surface area (Å²) in [6, 6.07) is 5.71. The molecule has 1 aliphatic rings.